The van der Waals surface area contributed by atoms with Gasteiger partial charge >= 0.3 is 0 Å². The molecule has 3 nitrogen and oxygen atoms in total. The molecule has 2 aromatic carbocycles. The van der Waals surface area contributed by atoms with Gasteiger partial charge in [-0.1, -0.05) is 23.7 Å². The Balaban J connectivity index is 1.90. The van der Waals surface area contributed by atoms with Crippen LogP contribution in [0.2, 0.25) is 5.02 Å². The molecule has 1 amide bonds. The van der Waals surface area contributed by atoms with E-state index in [1.807, 2.05) is 0 Å². The minimum absolute atomic E-state index is 0.0503. The van der Waals surface area contributed by atoms with E-state index in [0.29, 0.717) is 10.6 Å². The molecule has 0 spiro atoms. The molecule has 6 heteroatoms. The van der Waals surface area contributed by atoms with Crippen molar-refractivity contribution in [1.29, 1.82) is 0 Å². The lowest BCUT2D eigenvalue weighted by Crippen LogP contribution is -2.25. The van der Waals surface area contributed by atoms with E-state index >= 15 is 0 Å². The first-order chi connectivity index (χ1) is 10.5. The first kappa shape index (κ1) is 16.4. The molecule has 0 aliphatic heterocycles. The first-order valence-electron chi connectivity index (χ1n) is 6.60. The SMILES string of the molecule is O=C(CC(O)c1ccc(Cl)cc1)NCc1cc(F)ccc1F. The molecule has 0 saturated heterocycles. The minimum atomic E-state index is -0.991. The number of nitrogens with one attached hydrogen (secondary N) is 1. The van der Waals surface area contributed by atoms with Crippen LogP contribution in [-0.2, 0) is 11.3 Å². The molecule has 2 aromatic rings. The number of hydrogen-bond donors (Lipinski definition) is 2. The van der Waals surface area contributed by atoms with Crippen molar-refractivity contribution in [2.75, 3.05) is 0 Å². The average Bonchev–Trinajstić information content (AvgIpc) is 2.49. The summed E-state index contributed by atoms with van der Waals surface area (Å²) >= 11 is 5.74. The molecule has 0 aromatic heterocycles. The van der Waals surface area contributed by atoms with Crippen LogP contribution >= 0.6 is 11.6 Å². The largest absolute Gasteiger partial charge is 0.388 e. The zero-order valence-corrected chi connectivity index (χ0v) is 12.3. The van der Waals surface area contributed by atoms with Gasteiger partial charge in [0.1, 0.15) is 11.6 Å². The van der Waals surface area contributed by atoms with E-state index in [0.717, 1.165) is 18.2 Å². The second-order valence-electron chi connectivity index (χ2n) is 4.78. The maximum atomic E-state index is 13.4. The van der Waals surface area contributed by atoms with Gasteiger partial charge in [0.2, 0.25) is 5.91 Å². The second kappa shape index (κ2) is 7.33. The van der Waals surface area contributed by atoms with Crippen LogP contribution in [0.3, 0.4) is 0 Å². The Kier molecular flexibility index (Phi) is 5.46. The van der Waals surface area contributed by atoms with E-state index in [1.165, 1.54) is 0 Å². The Labute approximate surface area is 131 Å². The van der Waals surface area contributed by atoms with Gasteiger partial charge < -0.3 is 10.4 Å². The van der Waals surface area contributed by atoms with Gasteiger partial charge in [-0.2, -0.15) is 0 Å². The van der Waals surface area contributed by atoms with E-state index < -0.39 is 23.6 Å². The van der Waals surface area contributed by atoms with Crippen LogP contribution in [0.25, 0.3) is 0 Å². The molecule has 1 atom stereocenters. The van der Waals surface area contributed by atoms with Gasteiger partial charge in [0, 0.05) is 17.1 Å². The molecule has 116 valence electrons. The van der Waals surface area contributed by atoms with Crippen LogP contribution in [-0.4, -0.2) is 11.0 Å². The normalized spacial score (nSPS) is 12.0. The number of carbonyl (C=O) groups excluding carboxylic acids is 1. The van der Waals surface area contributed by atoms with Crippen molar-refractivity contribution in [3.05, 3.63) is 70.2 Å². The van der Waals surface area contributed by atoms with Crippen molar-refractivity contribution in [3.8, 4) is 0 Å². The van der Waals surface area contributed by atoms with Gasteiger partial charge in [-0.15, -0.1) is 0 Å². The van der Waals surface area contributed by atoms with Crippen LogP contribution in [0.4, 0.5) is 8.78 Å². The average molecular weight is 326 g/mol. The van der Waals surface area contributed by atoms with Crippen molar-refractivity contribution in [3.63, 3.8) is 0 Å². The predicted molar refractivity (Wildman–Crippen MR) is 79.2 cm³/mol. The van der Waals surface area contributed by atoms with Crippen LogP contribution in [0, 0.1) is 11.6 Å². The van der Waals surface area contributed by atoms with Gasteiger partial charge in [0.15, 0.2) is 0 Å². The third-order valence-corrected chi connectivity index (χ3v) is 3.37. The number of hydrogen-bond acceptors (Lipinski definition) is 2. The number of carbonyl (C=O) groups is 1. The lowest BCUT2D eigenvalue weighted by atomic mass is 10.1. The van der Waals surface area contributed by atoms with E-state index in [-0.39, 0.29) is 18.5 Å². The quantitative estimate of drug-likeness (QED) is 0.885. The fourth-order valence-electron chi connectivity index (χ4n) is 1.92. The predicted octanol–water partition coefficient (Wildman–Crippen LogP) is 3.36. The van der Waals surface area contributed by atoms with Crippen molar-refractivity contribution in [2.24, 2.45) is 0 Å². The fraction of sp³-hybridized carbons (Fsp3) is 0.188. The fourth-order valence-corrected chi connectivity index (χ4v) is 2.05. The molecule has 2 N–H and O–H groups in total. The molecule has 2 rings (SSSR count). The molecule has 0 saturated carbocycles. The highest BCUT2D eigenvalue weighted by Gasteiger charge is 2.13. The van der Waals surface area contributed by atoms with Crippen LogP contribution in [0.5, 0.6) is 0 Å². The summed E-state index contributed by atoms with van der Waals surface area (Å²) < 4.78 is 26.4. The summed E-state index contributed by atoms with van der Waals surface area (Å²) in [4.78, 5) is 11.7. The van der Waals surface area contributed by atoms with Gasteiger partial charge in [0.25, 0.3) is 0 Å². The van der Waals surface area contributed by atoms with Crippen molar-refractivity contribution in [2.45, 2.75) is 19.1 Å². The maximum Gasteiger partial charge on any atom is 0.223 e. The molecule has 0 radical (unpaired) electrons. The summed E-state index contributed by atoms with van der Waals surface area (Å²) in [5.74, 6) is -1.64. The van der Waals surface area contributed by atoms with Crippen molar-refractivity contribution >= 4 is 17.5 Å². The zero-order chi connectivity index (χ0) is 16.1. The first-order valence-corrected chi connectivity index (χ1v) is 6.97. The van der Waals surface area contributed by atoms with Crippen molar-refractivity contribution in [1.82, 2.24) is 5.32 Å². The standard InChI is InChI=1S/C16H14ClF2NO2/c17-12-3-1-10(2-4-12)15(21)8-16(22)20-9-11-7-13(18)5-6-14(11)19/h1-7,15,21H,8-9H2,(H,20,22). The highest BCUT2D eigenvalue weighted by Crippen LogP contribution is 2.19. The summed E-state index contributed by atoms with van der Waals surface area (Å²) in [5, 5.41) is 12.9. The molecule has 0 aliphatic carbocycles. The number of amides is 1. The highest BCUT2D eigenvalue weighted by molar-refractivity contribution is 6.30. The molecule has 1 unspecified atom stereocenters. The molecular formula is C16H14ClF2NO2. The number of halogens is 3. The second-order valence-corrected chi connectivity index (χ2v) is 5.22. The Morgan fingerprint density at radius 3 is 2.55 bits per heavy atom. The number of aliphatic hydroxyl groups excluding tert-OH is 1. The smallest absolute Gasteiger partial charge is 0.223 e. The van der Waals surface area contributed by atoms with Gasteiger partial charge in [0.05, 0.1) is 12.5 Å². The molecule has 0 fully saturated rings. The molecule has 0 aliphatic rings. The van der Waals surface area contributed by atoms with E-state index in [4.69, 9.17) is 11.6 Å². The highest BCUT2D eigenvalue weighted by atomic mass is 35.5. The Morgan fingerprint density at radius 2 is 1.86 bits per heavy atom. The third-order valence-electron chi connectivity index (χ3n) is 3.12. The lowest BCUT2D eigenvalue weighted by Gasteiger charge is -2.12. The number of aliphatic hydroxyl groups is 1. The zero-order valence-electron chi connectivity index (χ0n) is 11.5. The van der Waals surface area contributed by atoms with Crippen LogP contribution < -0.4 is 5.32 Å². The van der Waals surface area contributed by atoms with E-state index in [2.05, 4.69) is 5.32 Å². The Morgan fingerprint density at radius 1 is 1.18 bits per heavy atom. The number of benzene rings is 2. The molecule has 0 heterocycles. The van der Waals surface area contributed by atoms with Crippen molar-refractivity contribution < 1.29 is 18.7 Å². The molecule has 0 bridgehead atoms. The van der Waals surface area contributed by atoms with Gasteiger partial charge in [-0.25, -0.2) is 8.78 Å². The summed E-state index contributed by atoms with van der Waals surface area (Å²) in [6.07, 6.45) is -1.17. The molecule has 22 heavy (non-hydrogen) atoms. The topological polar surface area (TPSA) is 49.3 Å². The Hall–Kier alpha value is -1.98. The molecular weight excluding hydrogens is 312 g/mol. The van der Waals surface area contributed by atoms with Crippen LogP contribution in [0.1, 0.15) is 23.7 Å². The van der Waals surface area contributed by atoms with Crippen LogP contribution in [0.15, 0.2) is 42.5 Å². The summed E-state index contributed by atoms with van der Waals surface area (Å²) in [7, 11) is 0. The summed E-state index contributed by atoms with van der Waals surface area (Å²) in [6, 6.07) is 9.48. The maximum absolute atomic E-state index is 13.4. The van der Waals surface area contributed by atoms with Gasteiger partial charge in [-0.05, 0) is 35.9 Å². The summed E-state index contributed by atoms with van der Waals surface area (Å²) in [6.45, 7) is -0.143. The minimum Gasteiger partial charge on any atom is -0.388 e. The lowest BCUT2D eigenvalue weighted by molar-refractivity contribution is -0.123. The van der Waals surface area contributed by atoms with E-state index in [1.54, 1.807) is 24.3 Å². The van der Waals surface area contributed by atoms with E-state index in [9.17, 15) is 18.7 Å². The van der Waals surface area contributed by atoms with Gasteiger partial charge in [-0.3, -0.25) is 4.79 Å². The third kappa shape index (κ3) is 4.51. The Bertz CT molecular complexity index is 662. The summed E-state index contributed by atoms with van der Waals surface area (Å²) in [5.41, 5.74) is 0.603. The number of rotatable bonds is 5. The monoisotopic (exact) mass is 325 g/mol.